The molecule has 1 aromatic carbocycles. The molecule has 0 aliphatic heterocycles. The molecule has 2 aromatic heterocycles. The van der Waals surface area contributed by atoms with Gasteiger partial charge in [-0.05, 0) is 29.7 Å². The van der Waals surface area contributed by atoms with E-state index >= 15 is 0 Å². The molecule has 0 bridgehead atoms. The molecule has 0 radical (unpaired) electrons. The summed E-state index contributed by atoms with van der Waals surface area (Å²) in [4.78, 5) is 21.4. The van der Waals surface area contributed by atoms with Crippen molar-refractivity contribution in [3.63, 3.8) is 0 Å². The van der Waals surface area contributed by atoms with Gasteiger partial charge in [-0.1, -0.05) is 30.3 Å². The zero-order valence-corrected chi connectivity index (χ0v) is 13.5. The van der Waals surface area contributed by atoms with Crippen LogP contribution in [0.2, 0.25) is 0 Å². The Bertz CT molecular complexity index is 864. The van der Waals surface area contributed by atoms with Gasteiger partial charge < -0.3 is 5.32 Å². The quantitative estimate of drug-likeness (QED) is 0.772. The van der Waals surface area contributed by atoms with Gasteiger partial charge in [0.1, 0.15) is 12.9 Å². The summed E-state index contributed by atoms with van der Waals surface area (Å²) in [5.74, 6) is 0.595. The predicted octanol–water partition coefficient (Wildman–Crippen LogP) is 1.32. The first-order valence-corrected chi connectivity index (χ1v) is 8.21. The molecule has 1 aliphatic carbocycles. The standard InChI is InChI=1S/C17H17N7O/c25-16(10-24-11-19-22-23-24)20-14-7-4-8-15-13(14)9-18-17(21-15)12-5-2-1-3-6-12/h1-3,5-6,9,11,14H,4,7-8,10H2,(H,20,25). The van der Waals surface area contributed by atoms with E-state index in [1.807, 2.05) is 36.5 Å². The molecule has 1 amide bonds. The Hall–Kier alpha value is -3.16. The molecular weight excluding hydrogens is 318 g/mol. The van der Waals surface area contributed by atoms with Crippen LogP contribution in [0.3, 0.4) is 0 Å². The van der Waals surface area contributed by atoms with Gasteiger partial charge in [-0.2, -0.15) is 0 Å². The van der Waals surface area contributed by atoms with Crippen LogP contribution in [0.5, 0.6) is 0 Å². The van der Waals surface area contributed by atoms with Gasteiger partial charge in [0.25, 0.3) is 0 Å². The third kappa shape index (κ3) is 3.37. The molecule has 25 heavy (non-hydrogen) atoms. The number of tetrazole rings is 1. The number of carbonyl (C=O) groups is 1. The van der Waals surface area contributed by atoms with Crippen LogP contribution in [0.1, 0.15) is 30.1 Å². The van der Waals surface area contributed by atoms with E-state index in [2.05, 4.69) is 25.8 Å². The fourth-order valence-corrected chi connectivity index (χ4v) is 3.06. The van der Waals surface area contributed by atoms with Crippen molar-refractivity contribution in [1.82, 2.24) is 35.5 Å². The molecule has 1 atom stereocenters. The number of hydrogen-bond acceptors (Lipinski definition) is 6. The van der Waals surface area contributed by atoms with E-state index < -0.39 is 0 Å². The number of aryl methyl sites for hydroxylation is 1. The highest BCUT2D eigenvalue weighted by Gasteiger charge is 2.24. The van der Waals surface area contributed by atoms with E-state index in [4.69, 9.17) is 4.98 Å². The van der Waals surface area contributed by atoms with E-state index in [0.29, 0.717) is 0 Å². The number of fused-ring (bicyclic) bond motifs is 1. The maximum Gasteiger partial charge on any atom is 0.242 e. The second kappa shape index (κ2) is 6.76. The van der Waals surface area contributed by atoms with Crippen LogP contribution in [0, 0.1) is 0 Å². The molecule has 126 valence electrons. The molecule has 0 saturated heterocycles. The van der Waals surface area contributed by atoms with E-state index in [9.17, 15) is 4.79 Å². The summed E-state index contributed by atoms with van der Waals surface area (Å²) in [6.45, 7) is 0.0990. The van der Waals surface area contributed by atoms with Crippen molar-refractivity contribution in [1.29, 1.82) is 0 Å². The van der Waals surface area contributed by atoms with Crippen molar-refractivity contribution in [2.45, 2.75) is 31.8 Å². The highest BCUT2D eigenvalue weighted by Crippen LogP contribution is 2.29. The monoisotopic (exact) mass is 335 g/mol. The van der Waals surface area contributed by atoms with E-state index in [1.54, 1.807) is 0 Å². The largest absolute Gasteiger partial charge is 0.348 e. The van der Waals surface area contributed by atoms with Gasteiger partial charge in [0.05, 0.1) is 6.04 Å². The Morgan fingerprint density at radius 2 is 2.16 bits per heavy atom. The summed E-state index contributed by atoms with van der Waals surface area (Å²) in [6.07, 6.45) is 6.02. The summed E-state index contributed by atoms with van der Waals surface area (Å²) < 4.78 is 1.40. The lowest BCUT2D eigenvalue weighted by atomic mass is 9.92. The second-order valence-corrected chi connectivity index (χ2v) is 5.98. The minimum absolute atomic E-state index is 0.0717. The number of nitrogens with one attached hydrogen (secondary N) is 1. The van der Waals surface area contributed by atoms with Crippen LogP contribution in [-0.2, 0) is 17.8 Å². The smallest absolute Gasteiger partial charge is 0.242 e. The summed E-state index contributed by atoms with van der Waals surface area (Å²) in [6, 6.07) is 9.84. The molecule has 1 aliphatic rings. The van der Waals surface area contributed by atoms with Crippen molar-refractivity contribution < 1.29 is 4.79 Å². The van der Waals surface area contributed by atoms with E-state index in [-0.39, 0.29) is 18.5 Å². The van der Waals surface area contributed by atoms with Gasteiger partial charge in [0, 0.05) is 23.0 Å². The first-order chi connectivity index (χ1) is 12.3. The molecule has 0 saturated carbocycles. The van der Waals surface area contributed by atoms with Crippen LogP contribution >= 0.6 is 0 Å². The molecule has 8 nitrogen and oxygen atoms in total. The van der Waals surface area contributed by atoms with Crippen LogP contribution in [0.15, 0.2) is 42.9 Å². The number of carbonyl (C=O) groups excluding carboxylic acids is 1. The lowest BCUT2D eigenvalue weighted by molar-refractivity contribution is -0.122. The van der Waals surface area contributed by atoms with Crippen molar-refractivity contribution in [2.24, 2.45) is 0 Å². The normalized spacial score (nSPS) is 16.2. The van der Waals surface area contributed by atoms with Crippen molar-refractivity contribution in [3.8, 4) is 11.4 Å². The molecule has 1 unspecified atom stereocenters. The lowest BCUT2D eigenvalue weighted by Gasteiger charge is -2.25. The average Bonchev–Trinajstić information content (AvgIpc) is 3.15. The third-order valence-electron chi connectivity index (χ3n) is 4.25. The summed E-state index contributed by atoms with van der Waals surface area (Å²) in [5, 5.41) is 13.8. The highest BCUT2D eigenvalue weighted by atomic mass is 16.2. The molecule has 1 N–H and O–H groups in total. The number of amides is 1. The number of hydrogen-bond donors (Lipinski definition) is 1. The maximum absolute atomic E-state index is 12.2. The first-order valence-electron chi connectivity index (χ1n) is 8.21. The first kappa shape index (κ1) is 15.4. The Kier molecular flexibility index (Phi) is 4.16. The fourth-order valence-electron chi connectivity index (χ4n) is 3.06. The summed E-state index contributed by atoms with van der Waals surface area (Å²) in [5.41, 5.74) is 3.00. The van der Waals surface area contributed by atoms with Gasteiger partial charge in [0.15, 0.2) is 5.82 Å². The lowest BCUT2D eigenvalue weighted by Crippen LogP contribution is -2.34. The maximum atomic E-state index is 12.2. The van der Waals surface area contributed by atoms with Crippen molar-refractivity contribution >= 4 is 5.91 Å². The van der Waals surface area contributed by atoms with Crippen LogP contribution in [0.4, 0.5) is 0 Å². The van der Waals surface area contributed by atoms with E-state index in [0.717, 1.165) is 41.9 Å². The molecule has 2 heterocycles. The third-order valence-corrected chi connectivity index (χ3v) is 4.25. The number of rotatable bonds is 4. The Morgan fingerprint density at radius 3 is 2.96 bits per heavy atom. The SMILES string of the molecule is O=C(Cn1cnnn1)NC1CCCc2nc(-c3ccccc3)ncc21. The Labute approximate surface area is 144 Å². The van der Waals surface area contributed by atoms with Gasteiger partial charge in [-0.3, -0.25) is 4.79 Å². The predicted molar refractivity (Wildman–Crippen MR) is 89.1 cm³/mol. The van der Waals surface area contributed by atoms with Crippen LogP contribution in [-0.4, -0.2) is 36.1 Å². The van der Waals surface area contributed by atoms with Crippen LogP contribution in [0.25, 0.3) is 11.4 Å². The number of benzene rings is 1. The van der Waals surface area contributed by atoms with Gasteiger partial charge in [-0.25, -0.2) is 14.6 Å². The number of aromatic nitrogens is 6. The Morgan fingerprint density at radius 1 is 1.28 bits per heavy atom. The topological polar surface area (TPSA) is 98.5 Å². The molecule has 0 spiro atoms. The highest BCUT2D eigenvalue weighted by molar-refractivity contribution is 5.76. The molecular formula is C17H17N7O. The van der Waals surface area contributed by atoms with Crippen molar-refractivity contribution in [3.05, 3.63) is 54.1 Å². The minimum atomic E-state index is -0.128. The Balaban J connectivity index is 1.53. The van der Waals surface area contributed by atoms with Gasteiger partial charge in [0.2, 0.25) is 5.91 Å². The number of nitrogens with zero attached hydrogens (tertiary/aromatic N) is 6. The molecule has 8 heteroatoms. The fraction of sp³-hybridized carbons (Fsp3) is 0.294. The zero-order chi connectivity index (χ0) is 17.1. The van der Waals surface area contributed by atoms with Gasteiger partial charge >= 0.3 is 0 Å². The molecule has 3 aromatic rings. The zero-order valence-electron chi connectivity index (χ0n) is 13.5. The second-order valence-electron chi connectivity index (χ2n) is 5.98. The van der Waals surface area contributed by atoms with Crippen molar-refractivity contribution in [2.75, 3.05) is 0 Å². The average molecular weight is 335 g/mol. The minimum Gasteiger partial charge on any atom is -0.348 e. The summed E-state index contributed by atoms with van der Waals surface area (Å²) in [7, 11) is 0. The van der Waals surface area contributed by atoms with Crippen LogP contribution < -0.4 is 5.32 Å². The molecule has 4 rings (SSSR count). The molecule has 0 fully saturated rings. The summed E-state index contributed by atoms with van der Waals surface area (Å²) >= 11 is 0. The van der Waals surface area contributed by atoms with E-state index in [1.165, 1.54) is 11.0 Å². The van der Waals surface area contributed by atoms with Gasteiger partial charge in [-0.15, -0.1) is 5.10 Å².